The van der Waals surface area contributed by atoms with Crippen LogP contribution < -0.4 is 14.2 Å². The number of hydrogen-bond donors (Lipinski definition) is 1. The van der Waals surface area contributed by atoms with Crippen LogP contribution in [0.15, 0.2) is 92.6 Å². The van der Waals surface area contributed by atoms with Crippen molar-refractivity contribution in [2.45, 2.75) is 146 Å². The topological polar surface area (TPSA) is 329 Å². The summed E-state index contributed by atoms with van der Waals surface area (Å²) in [5.41, 5.74) is 4.50. The number of alkyl halides is 9. The van der Waals surface area contributed by atoms with E-state index in [-0.39, 0.29) is 66.5 Å². The molecule has 0 aromatic carbocycles. The summed E-state index contributed by atoms with van der Waals surface area (Å²) < 4.78 is 149. The van der Waals surface area contributed by atoms with Gasteiger partial charge in [-0.3, -0.25) is 19.5 Å². The van der Waals surface area contributed by atoms with E-state index in [4.69, 9.17) is 52.5 Å². The van der Waals surface area contributed by atoms with E-state index in [1.807, 2.05) is 39.0 Å². The van der Waals surface area contributed by atoms with E-state index in [2.05, 4.69) is 146 Å². The molecular weight excluding hydrogens is 1440 g/mol. The third-order valence-corrected chi connectivity index (χ3v) is 17.4. The minimum Gasteiger partial charge on any atom is -0.477 e. The molecule has 0 aliphatic heterocycles. The van der Waals surface area contributed by atoms with Crippen molar-refractivity contribution in [1.29, 1.82) is 0 Å². The van der Waals surface area contributed by atoms with Gasteiger partial charge in [0.05, 0.1) is 86.5 Å². The molecule has 0 radical (unpaired) electrons. The van der Waals surface area contributed by atoms with Crippen molar-refractivity contribution in [1.82, 2.24) is 73.9 Å². The molecule has 0 atom stereocenters. The van der Waals surface area contributed by atoms with Crippen molar-refractivity contribution >= 4 is 34.6 Å². The molecule has 26 nitrogen and oxygen atoms in total. The lowest BCUT2D eigenvalue weighted by atomic mass is 10.1. The van der Waals surface area contributed by atoms with Crippen molar-refractivity contribution in [2.75, 3.05) is 33.0 Å². The third kappa shape index (κ3) is 29.3. The first-order valence-electron chi connectivity index (χ1n) is 32.5. The summed E-state index contributed by atoms with van der Waals surface area (Å²) in [5, 5.41) is 0. The Balaban J connectivity index is 0.000000320. The van der Waals surface area contributed by atoms with Crippen molar-refractivity contribution in [3.05, 3.63) is 126 Å². The number of nitrogens with one attached hydrogen (secondary N) is 1. The van der Waals surface area contributed by atoms with Crippen LogP contribution in [0.2, 0.25) is 51.4 Å². The maximum Gasteiger partial charge on any atom is 0.434 e. The molecule has 0 unspecified atom stereocenters. The van der Waals surface area contributed by atoms with Crippen LogP contribution in [0.5, 0.6) is 17.6 Å². The lowest BCUT2D eigenvalue weighted by molar-refractivity contribution is -0.193. The van der Waals surface area contributed by atoms with Gasteiger partial charge in [0, 0.05) is 89.0 Å². The van der Waals surface area contributed by atoms with Gasteiger partial charge < -0.3 is 33.2 Å². The van der Waals surface area contributed by atoms with E-state index in [0.29, 0.717) is 85.5 Å². The molecule has 1 N–H and O–H groups in total. The molecule has 9 aromatic heterocycles. The minimum absolute atomic E-state index is 0.00801. The number of hydrogen-bond acceptors (Lipinski definition) is 23. The van der Waals surface area contributed by atoms with Crippen molar-refractivity contribution < 1.29 is 92.0 Å². The molecule has 0 bridgehead atoms. The Hall–Kier alpha value is -10.4. The fourth-order valence-corrected chi connectivity index (χ4v) is 10.1. The number of aryl methyl sites for hydroxylation is 3. The van der Waals surface area contributed by atoms with Gasteiger partial charge in [-0.2, -0.15) is 68.3 Å². The predicted molar refractivity (Wildman–Crippen MR) is 369 cm³/mol. The fraction of sp³-hybridized carbons (Fsp3) is 0.435. The Morgan fingerprint density at radius 2 is 0.792 bits per heavy atom. The number of imidazole rings is 3. The summed E-state index contributed by atoms with van der Waals surface area (Å²) in [5.74, 6) is 2.86. The van der Waals surface area contributed by atoms with Crippen LogP contribution in [0.25, 0.3) is 68.3 Å². The average molecular weight is 1520 g/mol. The van der Waals surface area contributed by atoms with Gasteiger partial charge in [-0.25, -0.2) is 44.9 Å². The Kier molecular flexibility index (Phi) is 33.8. The lowest BCUT2D eigenvalue weighted by Gasteiger charge is -2.17. The second kappa shape index (κ2) is 40.7. The van der Waals surface area contributed by atoms with Gasteiger partial charge in [-0.05, 0) is 67.3 Å². The summed E-state index contributed by atoms with van der Waals surface area (Å²) in [7, 11) is -2.69. The first kappa shape index (κ1) is 88.0. The fourth-order valence-electron chi connectivity index (χ4n) is 8.61. The zero-order chi connectivity index (χ0) is 79.3. The van der Waals surface area contributed by atoms with Crippen LogP contribution in [0.3, 0.4) is 0 Å². The highest BCUT2D eigenvalue weighted by atomic mass is 28.3. The Bertz CT molecular complexity index is 4190. The number of pyridine rings is 3. The highest BCUT2D eigenvalue weighted by Crippen LogP contribution is 2.35. The highest BCUT2D eigenvalue weighted by Gasteiger charge is 2.38. The highest BCUT2D eigenvalue weighted by molar-refractivity contribution is 6.76. The van der Waals surface area contributed by atoms with Gasteiger partial charge in [-0.1, -0.05) is 80.8 Å². The summed E-state index contributed by atoms with van der Waals surface area (Å²) >= 11 is 0. The minimum atomic E-state index is -4.58. The van der Waals surface area contributed by atoms with Crippen molar-refractivity contribution in [2.24, 2.45) is 17.8 Å². The van der Waals surface area contributed by atoms with Crippen molar-refractivity contribution in [3.8, 4) is 86.0 Å². The molecule has 37 heteroatoms. The number of halogens is 9. The SMILES string of the molecule is Cc1cc(OCC(C)C)ncc1-c1cnc(-c2nc(C(F)(F)F)cn2COCC[Si](C)(C)C)cn1.Cc1cc(OCC(C)C)ncc1-c1cnc(-c2ncc(C(F)(F)F)[nH]2)cn1.Cc1cc(OCC(C)C)ncc1-c1cnc(-c2ncc(C(F)(F)F)n2COCC[Si](C)(C)C)cn1.O=C=O.O=C=O.O=C=O. The Labute approximate surface area is 606 Å². The molecule has 570 valence electrons. The standard InChI is InChI=1S/2C24H32F3N5O2Si.C18H18F3N5O.3CO2/c1-16(2)14-34-22-9-17(3)18(10-30-22)19-11-29-20(12-28-19)23-31-21(24(25,26)27)13-32(23)15-33-7-8-35(4,5)6;1-16(2)14-34-22-9-17(3)18(10-30-22)19-11-29-20(12-28-19)23-31-13-21(24(25,26)27)32(23)15-33-7-8-35(4,5)6;1-10(2)9-27-16-4-11(3)12(5-24-16)13-6-23-14(7-22-13)17-25-8-15(26-17)18(19,20)21;3*2-1-3/h2*9-13,16H,7-8,14-15H2,1-6H3;4-8,10H,9H2,1-3H3,(H,25,26);;;. The quantitative estimate of drug-likeness (QED) is 0.0315. The molecule has 106 heavy (non-hydrogen) atoms. The first-order valence-corrected chi connectivity index (χ1v) is 39.9. The van der Waals surface area contributed by atoms with E-state index in [1.165, 1.54) is 41.7 Å². The number of carbonyl (C=O) groups excluding carboxylic acids is 6. The molecule has 0 fully saturated rings. The van der Waals surface area contributed by atoms with Crippen LogP contribution in [0, 0.1) is 38.5 Å². The number of H-pyrrole nitrogens is 1. The van der Waals surface area contributed by atoms with Crippen LogP contribution >= 0.6 is 0 Å². The van der Waals surface area contributed by atoms with E-state index in [0.717, 1.165) is 68.6 Å². The molecule has 0 saturated carbocycles. The summed E-state index contributed by atoms with van der Waals surface area (Å²) in [6, 6.07) is 7.23. The van der Waals surface area contributed by atoms with Gasteiger partial charge >= 0.3 is 37.0 Å². The molecule has 9 rings (SSSR count). The lowest BCUT2D eigenvalue weighted by Crippen LogP contribution is -2.23. The van der Waals surface area contributed by atoms with Crippen molar-refractivity contribution in [3.63, 3.8) is 0 Å². The summed E-state index contributed by atoms with van der Waals surface area (Å²) in [4.78, 5) is 101. The Morgan fingerprint density at radius 3 is 1.11 bits per heavy atom. The molecule has 0 spiro atoms. The molecule has 0 aliphatic carbocycles. The van der Waals surface area contributed by atoms with Gasteiger partial charge in [0.2, 0.25) is 17.6 Å². The number of aromatic nitrogens is 15. The van der Waals surface area contributed by atoms with Crippen LogP contribution in [0.4, 0.5) is 39.5 Å². The number of nitrogens with zero attached hydrogens (tertiary/aromatic N) is 14. The van der Waals surface area contributed by atoms with E-state index in [9.17, 15) is 39.5 Å². The predicted octanol–water partition coefficient (Wildman–Crippen LogP) is 14.7. The van der Waals surface area contributed by atoms with E-state index >= 15 is 0 Å². The van der Waals surface area contributed by atoms with Gasteiger partial charge in [0.15, 0.2) is 23.2 Å². The van der Waals surface area contributed by atoms with Crippen LogP contribution in [0.1, 0.15) is 75.3 Å². The van der Waals surface area contributed by atoms with Gasteiger partial charge in [0.25, 0.3) is 0 Å². The maximum absolute atomic E-state index is 13.6. The maximum atomic E-state index is 13.6. The monoisotopic (exact) mass is 1520 g/mol. The molecule has 0 saturated heterocycles. The first-order chi connectivity index (χ1) is 49.7. The molecule has 9 heterocycles. The average Bonchev–Trinajstić information content (AvgIpc) is 1.67. The van der Waals surface area contributed by atoms with E-state index in [1.54, 1.807) is 18.6 Å². The second-order valence-corrected chi connectivity index (χ2v) is 38.1. The largest absolute Gasteiger partial charge is 0.477 e. The number of ether oxygens (including phenoxy) is 5. The van der Waals surface area contributed by atoms with Crippen LogP contribution in [-0.2, 0) is 70.2 Å². The summed E-state index contributed by atoms with van der Waals surface area (Å²) in [6.07, 6.45) is 3.25. The molecule has 0 aliphatic rings. The molecular formula is C69H82F9N15O11Si2. The molecule has 0 amide bonds. The molecule has 9 aromatic rings. The summed E-state index contributed by atoms with van der Waals surface area (Å²) in [6.45, 7) is 33.5. The number of rotatable bonds is 25. The number of aromatic amines is 1. The van der Waals surface area contributed by atoms with E-state index < -0.39 is 51.8 Å². The zero-order valence-corrected chi connectivity index (χ0v) is 62.9. The smallest absolute Gasteiger partial charge is 0.434 e. The second-order valence-electron chi connectivity index (χ2n) is 26.9. The zero-order valence-electron chi connectivity index (χ0n) is 60.9. The van der Waals surface area contributed by atoms with Gasteiger partial charge in [0.1, 0.15) is 41.9 Å². The van der Waals surface area contributed by atoms with Crippen LogP contribution in [-0.4, -0.2) is 142 Å². The normalized spacial score (nSPS) is 11.4. The van der Waals surface area contributed by atoms with Gasteiger partial charge in [-0.15, -0.1) is 0 Å². The Morgan fingerprint density at radius 1 is 0.434 bits per heavy atom. The third-order valence-electron chi connectivity index (χ3n) is 14.0.